The van der Waals surface area contributed by atoms with Crippen LogP contribution in [0.2, 0.25) is 5.02 Å². The molecule has 0 bridgehead atoms. The van der Waals surface area contributed by atoms with Gasteiger partial charge in [-0.15, -0.1) is 0 Å². The molecular weight excluding hydrogens is 376 g/mol. The van der Waals surface area contributed by atoms with Crippen LogP contribution in [-0.4, -0.2) is 28.4 Å². The van der Waals surface area contributed by atoms with Crippen LogP contribution in [0.15, 0.2) is 54.1 Å². The lowest BCUT2D eigenvalue weighted by Crippen LogP contribution is -2.25. The molecule has 1 heterocycles. The van der Waals surface area contributed by atoms with Crippen molar-refractivity contribution < 1.29 is 19.7 Å². The smallest absolute Gasteiger partial charge is 0.328 e. The van der Waals surface area contributed by atoms with Crippen molar-refractivity contribution in [3.8, 4) is 5.75 Å². The van der Waals surface area contributed by atoms with E-state index in [1.165, 1.54) is 5.57 Å². The zero-order chi connectivity index (χ0) is 20.3. The van der Waals surface area contributed by atoms with Crippen LogP contribution in [0.4, 0.5) is 0 Å². The highest BCUT2D eigenvalue weighted by Crippen LogP contribution is 2.37. The fourth-order valence-corrected chi connectivity index (χ4v) is 3.82. The zero-order valence-corrected chi connectivity index (χ0v) is 16.6. The number of rotatable bonds is 4. The van der Waals surface area contributed by atoms with E-state index in [2.05, 4.69) is 13.8 Å². The Labute approximate surface area is 169 Å². The Bertz CT molecular complexity index is 916. The van der Waals surface area contributed by atoms with E-state index >= 15 is 0 Å². The topological polar surface area (TPSA) is 66.8 Å². The number of benzene rings is 2. The molecule has 0 aromatic heterocycles. The maximum Gasteiger partial charge on any atom is 0.328 e. The van der Waals surface area contributed by atoms with Crippen LogP contribution in [0.5, 0.6) is 5.75 Å². The third-order valence-electron chi connectivity index (χ3n) is 4.74. The largest absolute Gasteiger partial charge is 0.506 e. The second kappa shape index (κ2) is 8.63. The summed E-state index contributed by atoms with van der Waals surface area (Å²) in [6, 6.07) is 13.0. The van der Waals surface area contributed by atoms with Crippen LogP contribution < -0.4 is 0 Å². The monoisotopic (exact) mass is 398 g/mol. The zero-order valence-electron chi connectivity index (χ0n) is 15.9. The quantitative estimate of drug-likeness (QED) is 0.664. The van der Waals surface area contributed by atoms with E-state index in [9.17, 15) is 9.90 Å². The third kappa shape index (κ3) is 4.83. The number of carbonyl (C=O) groups is 1. The van der Waals surface area contributed by atoms with Crippen molar-refractivity contribution in [2.45, 2.75) is 38.9 Å². The van der Waals surface area contributed by atoms with E-state index in [0.717, 1.165) is 41.2 Å². The minimum atomic E-state index is -0.976. The summed E-state index contributed by atoms with van der Waals surface area (Å²) in [7, 11) is 0. The van der Waals surface area contributed by atoms with Crippen molar-refractivity contribution >= 4 is 29.2 Å². The van der Waals surface area contributed by atoms with Gasteiger partial charge in [-0.3, -0.25) is 0 Å². The Hall–Kier alpha value is -2.56. The highest BCUT2D eigenvalue weighted by atomic mass is 35.5. The predicted octanol–water partition coefficient (Wildman–Crippen LogP) is 5.53. The molecule has 0 radical (unpaired) electrons. The molecule has 3 rings (SSSR count). The molecule has 2 aromatic rings. The van der Waals surface area contributed by atoms with Crippen molar-refractivity contribution in [2.75, 3.05) is 0 Å². The van der Waals surface area contributed by atoms with E-state index in [1.807, 2.05) is 30.3 Å². The molecule has 0 amide bonds. The van der Waals surface area contributed by atoms with E-state index in [1.54, 1.807) is 18.2 Å². The van der Waals surface area contributed by atoms with E-state index in [0.29, 0.717) is 5.02 Å². The summed E-state index contributed by atoms with van der Waals surface area (Å²) in [5.74, 6) is -0.923. The number of ether oxygens (including phenoxy) is 1. The number of aromatic hydroxyl groups is 1. The fraction of sp³-hybridized carbons (Fsp3) is 0.261. The van der Waals surface area contributed by atoms with E-state index in [4.69, 9.17) is 21.4 Å². The lowest BCUT2D eigenvalue weighted by molar-refractivity contribution is -0.131. The van der Waals surface area contributed by atoms with Gasteiger partial charge >= 0.3 is 5.97 Å². The maximum absolute atomic E-state index is 10.7. The summed E-state index contributed by atoms with van der Waals surface area (Å²) in [5, 5.41) is 18.9. The van der Waals surface area contributed by atoms with Crippen LogP contribution in [0.25, 0.3) is 11.6 Å². The number of phenolic OH excluding ortho intramolecular Hbond substituents is 1. The molecule has 2 N–H and O–H groups in total. The van der Waals surface area contributed by atoms with Gasteiger partial charge in [-0.2, -0.15) is 0 Å². The van der Waals surface area contributed by atoms with Crippen LogP contribution in [0.3, 0.4) is 0 Å². The number of carboxylic acids is 1. The molecule has 0 aliphatic carbocycles. The Kier molecular flexibility index (Phi) is 6.22. The first kappa shape index (κ1) is 20.2. The average molecular weight is 399 g/mol. The molecule has 1 fully saturated rings. The molecule has 4 nitrogen and oxygen atoms in total. The lowest BCUT2D eigenvalue weighted by Gasteiger charge is -2.30. The van der Waals surface area contributed by atoms with Crippen LogP contribution in [0.1, 0.15) is 43.4 Å². The number of carboxylic acid groups (broad SMARTS) is 1. The van der Waals surface area contributed by atoms with Gasteiger partial charge in [0.05, 0.1) is 17.2 Å². The molecule has 1 aliphatic rings. The van der Waals surface area contributed by atoms with Gasteiger partial charge in [-0.25, -0.2) is 4.79 Å². The summed E-state index contributed by atoms with van der Waals surface area (Å²) in [6.07, 6.45) is 4.57. The van der Waals surface area contributed by atoms with Gasteiger partial charge in [0.1, 0.15) is 5.75 Å². The molecule has 0 saturated carbocycles. The molecular formula is C23H23ClO4. The Balaban J connectivity index is 2.08. The van der Waals surface area contributed by atoms with Crippen molar-refractivity contribution in [1.82, 2.24) is 0 Å². The Morgan fingerprint density at radius 3 is 2.25 bits per heavy atom. The minimum Gasteiger partial charge on any atom is -0.506 e. The standard InChI is InChI=1S/C23H23ClO4/c1-14-11-19(12-15(2)28-14)23(18-8-9-21(25)20(24)13-18)17-6-3-16(4-7-17)5-10-22(26)27/h3-10,13-15,25H,11-12H2,1-2H3,(H,26,27)/b10-5+,23-19?. The lowest BCUT2D eigenvalue weighted by atomic mass is 9.86. The molecule has 1 aliphatic heterocycles. The predicted molar refractivity (Wildman–Crippen MR) is 111 cm³/mol. The summed E-state index contributed by atoms with van der Waals surface area (Å²) in [6.45, 7) is 4.13. The summed E-state index contributed by atoms with van der Waals surface area (Å²) in [5.41, 5.74) is 5.13. The normalized spacial score (nSPS) is 19.8. The van der Waals surface area contributed by atoms with Gasteiger partial charge in [-0.1, -0.05) is 47.5 Å². The SMILES string of the molecule is CC1CC(=C(c2ccc(/C=C/C(=O)O)cc2)c2ccc(O)c(Cl)c2)CC(C)O1. The summed E-state index contributed by atoms with van der Waals surface area (Å²) in [4.78, 5) is 10.7. The van der Waals surface area contributed by atoms with Crippen LogP contribution in [-0.2, 0) is 9.53 Å². The van der Waals surface area contributed by atoms with E-state index < -0.39 is 5.97 Å². The second-order valence-corrected chi connectivity index (χ2v) is 7.51. The highest BCUT2D eigenvalue weighted by Gasteiger charge is 2.23. The number of halogens is 1. The molecule has 1 saturated heterocycles. The van der Waals surface area contributed by atoms with Gasteiger partial charge in [0.15, 0.2) is 0 Å². The van der Waals surface area contributed by atoms with Crippen LogP contribution >= 0.6 is 11.6 Å². The van der Waals surface area contributed by atoms with Crippen molar-refractivity contribution in [3.63, 3.8) is 0 Å². The van der Waals surface area contributed by atoms with Gasteiger partial charge in [0, 0.05) is 6.08 Å². The Morgan fingerprint density at radius 2 is 1.68 bits per heavy atom. The number of phenols is 1. The fourth-order valence-electron chi connectivity index (χ4n) is 3.64. The minimum absolute atomic E-state index is 0.0534. The summed E-state index contributed by atoms with van der Waals surface area (Å²) < 4.78 is 5.89. The van der Waals surface area contributed by atoms with Gasteiger partial charge < -0.3 is 14.9 Å². The van der Waals surface area contributed by atoms with Crippen LogP contribution in [0, 0.1) is 0 Å². The number of aliphatic carboxylic acids is 1. The first-order valence-corrected chi connectivity index (χ1v) is 9.59. The van der Waals surface area contributed by atoms with Gasteiger partial charge in [-0.05, 0) is 67.2 Å². The molecule has 0 spiro atoms. The highest BCUT2D eigenvalue weighted by molar-refractivity contribution is 6.32. The van der Waals surface area contributed by atoms with Crippen molar-refractivity contribution in [1.29, 1.82) is 0 Å². The number of hydrogen-bond acceptors (Lipinski definition) is 3. The molecule has 2 unspecified atom stereocenters. The third-order valence-corrected chi connectivity index (χ3v) is 5.04. The van der Waals surface area contributed by atoms with E-state index in [-0.39, 0.29) is 18.0 Å². The molecule has 5 heteroatoms. The molecule has 28 heavy (non-hydrogen) atoms. The Morgan fingerprint density at radius 1 is 1.07 bits per heavy atom. The first-order chi connectivity index (χ1) is 13.3. The summed E-state index contributed by atoms with van der Waals surface area (Å²) >= 11 is 6.18. The average Bonchev–Trinajstić information content (AvgIpc) is 2.63. The second-order valence-electron chi connectivity index (χ2n) is 7.10. The first-order valence-electron chi connectivity index (χ1n) is 9.21. The van der Waals surface area contributed by atoms with Gasteiger partial charge in [0.2, 0.25) is 0 Å². The molecule has 2 aromatic carbocycles. The maximum atomic E-state index is 10.7. The van der Waals surface area contributed by atoms with Crippen molar-refractivity contribution in [2.24, 2.45) is 0 Å². The van der Waals surface area contributed by atoms with Gasteiger partial charge in [0.25, 0.3) is 0 Å². The number of hydrogen-bond donors (Lipinski definition) is 2. The van der Waals surface area contributed by atoms with Crippen molar-refractivity contribution in [3.05, 3.63) is 75.8 Å². The molecule has 146 valence electrons. The molecule has 2 atom stereocenters.